The third-order valence-corrected chi connectivity index (χ3v) is 29.4. The molecule has 0 spiro atoms. The lowest BCUT2D eigenvalue weighted by Crippen LogP contribution is -2.55. The van der Waals surface area contributed by atoms with Gasteiger partial charge in [-0.1, -0.05) is 54.4 Å². The standard InChI is InChI=1S/C38H70N2O20P2.C27H50NO12P.C21H40NO10P/c1-22(2)59-61(49,50)55-21-27-15-28(17-40(27)32(44)11-7-9-13-54-38-25(5)34(46)36(48)30(19-42)58-38)60-62(51,52)56-20-26-14-23(3)16-39(26)31(43)10-6-8-12-53-37-24(4)33(45)35(47)29(18-41)57-37;1-18(2)40-41(35,36)38-17-20-14-22(31)15-28(20)24(32)12-7-5-4-6-10-21(30)11-8-9-13-37-27-19(3)25(33)26(34)23(16-29)39-27;1-13(2)32-33(27,28)30-12-16-9-14(3)10-22(16)18(24)7-5-6-8-29-21-15(4)19(25)20(26)17(11-23)31-21/h22-30,33-38,41-42,45-48H,6-21H2,1-5H3,(H,49,50)(H,51,52);18-20,22-23,25-27,29,31,33-34H,4-17H2,1-3H3,(H,35,36);13-17,19-21,23,25-26H,5-12H2,1-4H3,(H,27,28)/p-4/t23-,24?,25?,26+,27+,28-,29?,30?,33?,34?,35?,36?,37?,38?;19?,20-,22+,23?,25?,26?,27?;14-,15?,16+,17?,19?,20?,21?/m101/s1. The topological polar surface area (TPSA) is 670 Å². The van der Waals surface area contributed by atoms with Crippen LogP contribution >= 0.6 is 31.3 Å². The number of hydrogen-bond donors (Lipinski definition) is 13. The van der Waals surface area contributed by atoms with Crippen molar-refractivity contribution in [1.82, 2.24) is 19.6 Å². The molecule has 8 saturated heterocycles. The van der Waals surface area contributed by atoms with Crippen molar-refractivity contribution in [3.8, 4) is 0 Å². The van der Waals surface area contributed by atoms with E-state index in [4.69, 9.17) is 74.1 Å². The van der Waals surface area contributed by atoms with Crippen molar-refractivity contribution < 1.29 is 202 Å². The number of unbranched alkanes of at least 4 members (excludes halogenated alkanes) is 7. The Balaban J connectivity index is 0.000000332. The molecule has 0 saturated carbocycles. The van der Waals surface area contributed by atoms with Gasteiger partial charge in [-0.05, 0) is 143 Å². The number of aliphatic hydroxyl groups is 13. The molecule has 0 aliphatic carbocycles. The zero-order valence-corrected chi connectivity index (χ0v) is 84.1. The van der Waals surface area contributed by atoms with Gasteiger partial charge in [-0.2, -0.15) is 0 Å². The van der Waals surface area contributed by atoms with E-state index in [-0.39, 0.29) is 133 Å². The van der Waals surface area contributed by atoms with Crippen molar-refractivity contribution in [3.63, 3.8) is 0 Å². The van der Waals surface area contributed by atoms with Crippen LogP contribution in [0.15, 0.2) is 0 Å². The fourth-order valence-electron chi connectivity index (χ4n) is 17.4. The summed E-state index contributed by atoms with van der Waals surface area (Å²) in [6.45, 7) is 18.7. The van der Waals surface area contributed by atoms with Crippen molar-refractivity contribution in [2.45, 2.75) is 377 Å². The average molecular weight is 2040 g/mol. The number of amides is 4. The Morgan fingerprint density at radius 1 is 0.331 bits per heavy atom. The number of Topliss-reactive ketones (excluding diaryl/α,β-unsaturated/α-hetero) is 1. The minimum absolute atomic E-state index is 0.0254. The summed E-state index contributed by atoms with van der Waals surface area (Å²) < 4.78 is 134. The second-order valence-electron chi connectivity index (χ2n) is 37.8. The number of aliphatic hydroxyl groups excluding tert-OH is 13. The van der Waals surface area contributed by atoms with Crippen LogP contribution < -0.4 is 19.6 Å². The van der Waals surface area contributed by atoms with Crippen molar-refractivity contribution in [2.24, 2.45) is 35.5 Å². The lowest BCUT2D eigenvalue weighted by molar-refractivity contribution is -0.282. The summed E-state index contributed by atoms with van der Waals surface area (Å²) in [6, 6.07) is -2.30. The van der Waals surface area contributed by atoms with Crippen molar-refractivity contribution in [3.05, 3.63) is 0 Å². The van der Waals surface area contributed by atoms with Crippen LogP contribution in [-0.4, -0.2) is 374 Å². The van der Waals surface area contributed by atoms with Gasteiger partial charge in [-0.15, -0.1) is 0 Å². The number of ether oxygens (including phenoxy) is 8. The molecule has 13 N–H and O–H groups in total. The van der Waals surface area contributed by atoms with Gasteiger partial charge in [0.05, 0.1) is 132 Å². The predicted molar refractivity (Wildman–Crippen MR) is 472 cm³/mol. The third kappa shape index (κ3) is 40.5. The molecule has 50 heteroatoms. The highest BCUT2D eigenvalue weighted by Gasteiger charge is 2.48. The Hall–Kier alpha value is -2.85. The van der Waals surface area contributed by atoms with E-state index >= 15 is 0 Å². The first kappa shape index (κ1) is 122. The molecule has 32 atom stereocenters. The van der Waals surface area contributed by atoms with Crippen molar-refractivity contribution in [2.75, 3.05) is 105 Å². The van der Waals surface area contributed by atoms with Gasteiger partial charge in [0.1, 0.15) is 54.6 Å². The molecule has 46 nitrogen and oxygen atoms in total. The van der Waals surface area contributed by atoms with Crippen LogP contribution in [0.25, 0.3) is 0 Å². The summed E-state index contributed by atoms with van der Waals surface area (Å²) in [4.78, 5) is 120. The second-order valence-corrected chi connectivity index (χ2v) is 43.2. The van der Waals surface area contributed by atoms with E-state index in [2.05, 4.69) is 0 Å². The zero-order valence-electron chi connectivity index (χ0n) is 80.5. The Morgan fingerprint density at radius 3 is 0.875 bits per heavy atom. The van der Waals surface area contributed by atoms with Crippen LogP contribution in [0.1, 0.15) is 224 Å². The Morgan fingerprint density at radius 2 is 0.581 bits per heavy atom. The molecular formula is C86H156N4O42P4-4. The summed E-state index contributed by atoms with van der Waals surface area (Å²) in [5.74, 6) is -2.44. The Bertz CT molecular complexity index is 3700. The van der Waals surface area contributed by atoms with Crippen LogP contribution in [-0.2, 0) is 116 Å². The highest BCUT2D eigenvalue weighted by Crippen LogP contribution is 2.47. The maximum atomic E-state index is 13.4. The van der Waals surface area contributed by atoms with Gasteiger partial charge >= 0.3 is 0 Å². The Kier molecular flexibility index (Phi) is 53.5. The minimum Gasteiger partial charge on any atom is -0.756 e. The van der Waals surface area contributed by atoms with E-state index < -0.39 is 241 Å². The van der Waals surface area contributed by atoms with E-state index in [0.717, 1.165) is 19.3 Å². The summed E-state index contributed by atoms with van der Waals surface area (Å²) in [5.41, 5.74) is 0. The van der Waals surface area contributed by atoms with Crippen LogP contribution in [0, 0.1) is 35.5 Å². The molecule has 8 aliphatic heterocycles. The fourth-order valence-corrected chi connectivity index (χ4v) is 21.2. The molecule has 0 bridgehead atoms. The molecule has 0 aromatic rings. The highest BCUT2D eigenvalue weighted by atomic mass is 31.2. The number of carbonyl (C=O) groups is 5. The van der Waals surface area contributed by atoms with Gasteiger partial charge < -0.3 is 180 Å². The molecule has 8 aliphatic rings. The SMILES string of the molecule is CC(C)OP(=O)([O-])OC[C@@H]1C[C@@H](C)CN1C(=O)CCCCOC1OC(CO)C(O)C(O)C1C.CC(C)OP(=O)([O-])OC[C@@H]1C[C@@H](O)CN1C(=O)CCCCCCC(=O)CCCCOC1OC(CO)C(O)C(O)C1C.CC(C)OP(=O)([O-])OC[C@@H]1C[C@@H](OP(=O)([O-])OC[C@@H]2C[C@@H](C)CN2C(=O)CCCCOC2OC(CO)C(O)C(O)C2C)CN1C(=O)CCCCOC1OC(CO)C(O)C(O)C1C. The monoisotopic (exact) mass is 2040 g/mol. The first-order chi connectivity index (χ1) is 63.9. The summed E-state index contributed by atoms with van der Waals surface area (Å²) in [6.07, 6.45) is -10.1. The van der Waals surface area contributed by atoms with E-state index in [1.54, 1.807) is 65.2 Å². The van der Waals surface area contributed by atoms with Gasteiger partial charge in [-0.3, -0.25) is 42.2 Å². The largest absolute Gasteiger partial charge is 0.756 e. The van der Waals surface area contributed by atoms with E-state index in [9.17, 15) is 128 Å². The highest BCUT2D eigenvalue weighted by molar-refractivity contribution is 7.46. The number of ketones is 1. The van der Waals surface area contributed by atoms with Gasteiger partial charge in [0.25, 0.3) is 31.3 Å². The molecule has 24 unspecified atom stereocenters. The number of β-amino-alcohol motifs (C(OH)–C–C–N with tert-alkyl or cyclic N) is 1. The number of phosphoric ester groups is 4. The molecule has 0 aromatic heterocycles. The number of nitrogens with zero attached hydrogens (tertiary/aromatic N) is 4. The molecule has 0 radical (unpaired) electrons. The molecule has 8 fully saturated rings. The van der Waals surface area contributed by atoms with E-state index in [0.29, 0.717) is 103 Å². The number of hydrogen-bond acceptors (Lipinski definition) is 42. The first-order valence-corrected chi connectivity index (χ1v) is 53.7. The summed E-state index contributed by atoms with van der Waals surface area (Å²) in [5, 5.41) is 128. The van der Waals surface area contributed by atoms with Gasteiger partial charge in [0.15, 0.2) is 25.2 Å². The lowest BCUT2D eigenvalue weighted by Gasteiger charge is -2.40. The van der Waals surface area contributed by atoms with Crippen LogP contribution in [0.5, 0.6) is 0 Å². The molecule has 8 heterocycles. The first-order valence-electron chi connectivity index (χ1n) is 47.9. The van der Waals surface area contributed by atoms with Gasteiger partial charge in [-0.25, -0.2) is 0 Å². The van der Waals surface area contributed by atoms with Crippen LogP contribution in [0.4, 0.5) is 0 Å². The molecular weight excluding hydrogens is 1880 g/mol. The normalized spacial score (nSPS) is 34.0. The maximum absolute atomic E-state index is 13.4. The number of phosphoric acid groups is 4. The fraction of sp³-hybridized carbons (Fsp3) is 0.942. The van der Waals surface area contributed by atoms with Crippen molar-refractivity contribution >= 4 is 60.7 Å². The van der Waals surface area contributed by atoms with E-state index in [1.807, 2.05) is 13.8 Å². The van der Waals surface area contributed by atoms with Crippen molar-refractivity contribution in [1.29, 1.82) is 0 Å². The maximum Gasteiger partial charge on any atom is 0.268 e. The molecule has 136 heavy (non-hydrogen) atoms. The Labute approximate surface area is 797 Å². The quantitative estimate of drug-likeness (QED) is 0.0292. The molecule has 8 rings (SSSR count). The molecule has 796 valence electrons. The smallest absolute Gasteiger partial charge is 0.268 e. The summed E-state index contributed by atoms with van der Waals surface area (Å²) >= 11 is 0. The minimum atomic E-state index is -5.02. The third-order valence-electron chi connectivity index (χ3n) is 25.0. The number of likely N-dealkylation sites (tertiary alicyclic amines) is 4. The van der Waals surface area contributed by atoms with Gasteiger partial charge in [0.2, 0.25) is 23.6 Å². The van der Waals surface area contributed by atoms with Gasteiger partial charge in [0, 0.05) is 115 Å². The van der Waals surface area contributed by atoms with E-state index in [1.165, 1.54) is 23.6 Å². The molecule has 4 amide bonds. The average Bonchev–Trinajstić information content (AvgIpc) is 1.76. The number of rotatable bonds is 55. The summed E-state index contributed by atoms with van der Waals surface area (Å²) in [7, 11) is -18.7. The molecule has 0 aromatic carbocycles. The van der Waals surface area contributed by atoms with Crippen LogP contribution in [0.3, 0.4) is 0 Å². The van der Waals surface area contributed by atoms with Crippen LogP contribution in [0.2, 0.25) is 0 Å². The number of carbonyl (C=O) groups excluding carboxylic acids is 5. The zero-order chi connectivity index (χ0) is 101. The second kappa shape index (κ2) is 59.7. The predicted octanol–water partition coefficient (Wildman–Crippen LogP) is 0.554. The lowest BCUT2D eigenvalue weighted by atomic mass is 9.92.